The third-order valence-electron chi connectivity index (χ3n) is 5.27. The van der Waals surface area contributed by atoms with Crippen molar-refractivity contribution in [3.63, 3.8) is 0 Å². The Bertz CT molecular complexity index is 713. The van der Waals surface area contributed by atoms with Gasteiger partial charge in [-0.1, -0.05) is 6.42 Å². The molecule has 1 aliphatic carbocycles. The summed E-state index contributed by atoms with van der Waals surface area (Å²) >= 11 is 0. The van der Waals surface area contributed by atoms with Crippen LogP contribution in [0, 0.1) is 5.41 Å². The van der Waals surface area contributed by atoms with Gasteiger partial charge < -0.3 is 10.0 Å². The fraction of sp³-hybridized carbons (Fsp3) is 0.562. The standard InChI is InChI=1S/C16H20N4O2/c21-13-3-1-6-16(13)7-2-8-20(10-16)15(22)12-5-4-11-9-17-19-14(11)18-12/h4-5,9,13,21H,1-3,6-8,10H2,(H,17,18,19)/t13-,16+/m1/s1. The summed E-state index contributed by atoms with van der Waals surface area (Å²) in [5.41, 5.74) is 0.992. The van der Waals surface area contributed by atoms with E-state index >= 15 is 0 Å². The summed E-state index contributed by atoms with van der Waals surface area (Å²) < 4.78 is 0. The lowest BCUT2D eigenvalue weighted by Crippen LogP contribution is -2.49. The maximum Gasteiger partial charge on any atom is 0.272 e. The van der Waals surface area contributed by atoms with Crippen LogP contribution in [0.5, 0.6) is 0 Å². The number of aliphatic hydroxyl groups excluding tert-OH is 1. The van der Waals surface area contributed by atoms with Gasteiger partial charge in [0.2, 0.25) is 0 Å². The van der Waals surface area contributed by atoms with Crippen molar-refractivity contribution in [2.24, 2.45) is 5.41 Å². The summed E-state index contributed by atoms with van der Waals surface area (Å²) in [7, 11) is 0. The minimum atomic E-state index is -0.272. The molecule has 2 atom stereocenters. The molecule has 2 N–H and O–H groups in total. The van der Waals surface area contributed by atoms with Crippen LogP contribution in [0.25, 0.3) is 11.0 Å². The van der Waals surface area contributed by atoms with Gasteiger partial charge in [-0.25, -0.2) is 4.98 Å². The van der Waals surface area contributed by atoms with E-state index in [0.717, 1.165) is 44.0 Å². The Labute approximate surface area is 128 Å². The smallest absolute Gasteiger partial charge is 0.272 e. The lowest BCUT2D eigenvalue weighted by Gasteiger charge is -2.42. The van der Waals surface area contributed by atoms with Gasteiger partial charge >= 0.3 is 0 Å². The van der Waals surface area contributed by atoms with E-state index in [2.05, 4.69) is 15.2 Å². The first kappa shape index (κ1) is 13.7. The molecule has 22 heavy (non-hydrogen) atoms. The SMILES string of the molecule is O=C(c1ccc2cn[nH]c2n1)N1CCC[C@@]2(CCC[C@H]2O)C1. The Morgan fingerprint density at radius 2 is 2.23 bits per heavy atom. The molecule has 0 bridgehead atoms. The molecule has 2 fully saturated rings. The highest BCUT2D eigenvalue weighted by atomic mass is 16.3. The molecule has 0 aromatic carbocycles. The number of fused-ring (bicyclic) bond motifs is 1. The number of rotatable bonds is 1. The van der Waals surface area contributed by atoms with E-state index in [-0.39, 0.29) is 17.4 Å². The molecule has 2 aromatic rings. The number of aromatic amines is 1. The normalized spacial score (nSPS) is 28.6. The van der Waals surface area contributed by atoms with Gasteiger partial charge in [0.25, 0.3) is 5.91 Å². The highest BCUT2D eigenvalue weighted by Gasteiger charge is 2.45. The number of hydrogen-bond donors (Lipinski definition) is 2. The van der Waals surface area contributed by atoms with Crippen LogP contribution in [0.4, 0.5) is 0 Å². The van der Waals surface area contributed by atoms with Crippen LogP contribution in [0.1, 0.15) is 42.6 Å². The highest BCUT2D eigenvalue weighted by molar-refractivity contribution is 5.94. The molecule has 0 radical (unpaired) electrons. The first-order valence-corrected chi connectivity index (χ1v) is 7.95. The van der Waals surface area contributed by atoms with Gasteiger partial charge in [0, 0.05) is 23.9 Å². The highest BCUT2D eigenvalue weighted by Crippen LogP contribution is 2.45. The van der Waals surface area contributed by atoms with Crippen molar-refractivity contribution in [1.29, 1.82) is 0 Å². The first-order chi connectivity index (χ1) is 10.7. The van der Waals surface area contributed by atoms with Crippen molar-refractivity contribution >= 4 is 16.9 Å². The van der Waals surface area contributed by atoms with E-state index in [4.69, 9.17) is 0 Å². The Morgan fingerprint density at radius 3 is 3.05 bits per heavy atom. The summed E-state index contributed by atoms with van der Waals surface area (Å²) in [5, 5.41) is 18.0. The Morgan fingerprint density at radius 1 is 1.36 bits per heavy atom. The molecule has 2 aromatic heterocycles. The second kappa shape index (κ2) is 5.05. The van der Waals surface area contributed by atoms with Crippen LogP contribution in [0.15, 0.2) is 18.3 Å². The van der Waals surface area contributed by atoms with E-state index in [1.165, 1.54) is 0 Å². The van der Waals surface area contributed by atoms with E-state index in [1.54, 1.807) is 12.3 Å². The average molecular weight is 300 g/mol. The van der Waals surface area contributed by atoms with Crippen LogP contribution in [0.2, 0.25) is 0 Å². The number of H-pyrrole nitrogens is 1. The van der Waals surface area contributed by atoms with Crippen molar-refractivity contribution in [1.82, 2.24) is 20.1 Å². The quantitative estimate of drug-likeness (QED) is 0.840. The Kier molecular flexibility index (Phi) is 3.14. The predicted molar refractivity (Wildman–Crippen MR) is 81.3 cm³/mol. The monoisotopic (exact) mass is 300 g/mol. The zero-order valence-electron chi connectivity index (χ0n) is 12.5. The van der Waals surface area contributed by atoms with Gasteiger partial charge in [0.15, 0.2) is 5.65 Å². The number of amides is 1. The molecule has 6 heteroatoms. The number of hydrogen-bond acceptors (Lipinski definition) is 4. The molecule has 3 heterocycles. The van der Waals surface area contributed by atoms with E-state index < -0.39 is 0 Å². The molecule has 1 amide bonds. The Balaban J connectivity index is 1.59. The van der Waals surface area contributed by atoms with Gasteiger partial charge in [0.1, 0.15) is 5.69 Å². The zero-order chi connectivity index (χ0) is 15.2. The van der Waals surface area contributed by atoms with Crippen LogP contribution in [-0.2, 0) is 0 Å². The molecule has 116 valence electrons. The molecule has 1 spiro atoms. The number of likely N-dealkylation sites (tertiary alicyclic amines) is 1. The average Bonchev–Trinajstić information content (AvgIpc) is 3.14. The number of nitrogens with one attached hydrogen (secondary N) is 1. The van der Waals surface area contributed by atoms with E-state index in [9.17, 15) is 9.90 Å². The number of aliphatic hydroxyl groups is 1. The minimum Gasteiger partial charge on any atom is -0.392 e. The zero-order valence-corrected chi connectivity index (χ0v) is 12.5. The van der Waals surface area contributed by atoms with Gasteiger partial charge in [-0.05, 0) is 37.8 Å². The molecule has 1 aliphatic heterocycles. The summed E-state index contributed by atoms with van der Waals surface area (Å²) in [4.78, 5) is 19.0. The summed E-state index contributed by atoms with van der Waals surface area (Å²) in [6, 6.07) is 3.62. The molecular formula is C16H20N4O2. The number of piperidine rings is 1. The topological polar surface area (TPSA) is 82.1 Å². The maximum atomic E-state index is 12.8. The lowest BCUT2D eigenvalue weighted by molar-refractivity contribution is -0.00554. The molecular weight excluding hydrogens is 280 g/mol. The molecule has 1 saturated heterocycles. The summed E-state index contributed by atoms with van der Waals surface area (Å²) in [6.07, 6.45) is 6.33. The second-order valence-electron chi connectivity index (χ2n) is 6.60. The van der Waals surface area contributed by atoms with Crippen molar-refractivity contribution in [3.05, 3.63) is 24.0 Å². The third-order valence-corrected chi connectivity index (χ3v) is 5.27. The fourth-order valence-corrected chi connectivity index (χ4v) is 4.04. The van der Waals surface area contributed by atoms with Gasteiger partial charge in [-0.15, -0.1) is 0 Å². The maximum absolute atomic E-state index is 12.8. The number of pyridine rings is 1. The fourth-order valence-electron chi connectivity index (χ4n) is 4.04. The van der Waals surface area contributed by atoms with Crippen LogP contribution in [0.3, 0.4) is 0 Å². The van der Waals surface area contributed by atoms with Gasteiger partial charge in [-0.2, -0.15) is 5.10 Å². The Hall–Kier alpha value is -1.95. The van der Waals surface area contributed by atoms with Crippen molar-refractivity contribution in [2.45, 2.75) is 38.2 Å². The first-order valence-electron chi connectivity index (χ1n) is 7.95. The van der Waals surface area contributed by atoms with Crippen LogP contribution in [-0.4, -0.2) is 50.3 Å². The molecule has 6 nitrogen and oxygen atoms in total. The van der Waals surface area contributed by atoms with Gasteiger partial charge in [-0.3, -0.25) is 9.89 Å². The molecule has 2 aliphatic rings. The van der Waals surface area contributed by atoms with Crippen LogP contribution < -0.4 is 0 Å². The number of carbonyl (C=O) groups excluding carboxylic acids is 1. The summed E-state index contributed by atoms with van der Waals surface area (Å²) in [5.74, 6) is -0.0466. The minimum absolute atomic E-state index is 0.0466. The third kappa shape index (κ3) is 2.09. The van der Waals surface area contributed by atoms with Crippen molar-refractivity contribution < 1.29 is 9.90 Å². The molecule has 4 rings (SSSR count). The largest absolute Gasteiger partial charge is 0.392 e. The van der Waals surface area contributed by atoms with Crippen molar-refractivity contribution in [2.75, 3.05) is 13.1 Å². The summed E-state index contributed by atoms with van der Waals surface area (Å²) in [6.45, 7) is 1.39. The van der Waals surface area contributed by atoms with Gasteiger partial charge in [0.05, 0.1) is 12.3 Å². The predicted octanol–water partition coefficient (Wildman–Crippen LogP) is 1.73. The van der Waals surface area contributed by atoms with E-state index in [1.807, 2.05) is 11.0 Å². The molecule has 1 saturated carbocycles. The number of aromatic nitrogens is 3. The van der Waals surface area contributed by atoms with E-state index in [0.29, 0.717) is 17.9 Å². The lowest BCUT2D eigenvalue weighted by atomic mass is 9.76. The number of nitrogens with zero attached hydrogens (tertiary/aromatic N) is 3. The van der Waals surface area contributed by atoms with Crippen molar-refractivity contribution in [3.8, 4) is 0 Å². The molecule has 0 unspecified atom stereocenters. The number of carbonyl (C=O) groups is 1. The second-order valence-corrected chi connectivity index (χ2v) is 6.60. The van der Waals surface area contributed by atoms with Crippen LogP contribution >= 0.6 is 0 Å².